The van der Waals surface area contributed by atoms with Crippen LogP contribution in [0.1, 0.15) is 25.0 Å². The van der Waals surface area contributed by atoms with Gasteiger partial charge in [-0.25, -0.2) is 10.9 Å². The summed E-state index contributed by atoms with van der Waals surface area (Å²) in [5.74, 6) is -1.76. The van der Waals surface area contributed by atoms with Crippen molar-refractivity contribution in [3.8, 4) is 0 Å². The van der Waals surface area contributed by atoms with Crippen LogP contribution in [0.4, 0.5) is 0 Å². The van der Waals surface area contributed by atoms with Crippen LogP contribution in [0.3, 0.4) is 0 Å². The number of hydrogen-bond donors (Lipinski definition) is 2. The van der Waals surface area contributed by atoms with E-state index in [9.17, 15) is 9.59 Å². The minimum Gasteiger partial charge on any atom is -0.262 e. The highest BCUT2D eigenvalue weighted by molar-refractivity contribution is 6.35. The summed E-state index contributed by atoms with van der Waals surface area (Å²) in [5, 5.41) is 7.82. The monoisotopic (exact) mass is 322 g/mol. The van der Waals surface area contributed by atoms with Gasteiger partial charge in [0.05, 0.1) is 11.4 Å². The highest BCUT2D eigenvalue weighted by Crippen LogP contribution is 2.00. The summed E-state index contributed by atoms with van der Waals surface area (Å²) >= 11 is 0. The Labute approximate surface area is 140 Å². The highest BCUT2D eigenvalue weighted by Gasteiger charge is 2.12. The van der Waals surface area contributed by atoms with Gasteiger partial charge in [0.2, 0.25) is 0 Å². The molecule has 0 atom stereocenters. The Kier molecular flexibility index (Phi) is 5.96. The van der Waals surface area contributed by atoms with E-state index < -0.39 is 11.8 Å². The van der Waals surface area contributed by atoms with Gasteiger partial charge < -0.3 is 0 Å². The van der Waals surface area contributed by atoms with Crippen molar-refractivity contribution in [1.82, 2.24) is 10.9 Å². The molecule has 0 aromatic heterocycles. The molecule has 6 nitrogen and oxygen atoms in total. The van der Waals surface area contributed by atoms with Crippen LogP contribution in [0.15, 0.2) is 70.9 Å². The predicted molar refractivity (Wildman–Crippen MR) is 93.6 cm³/mol. The van der Waals surface area contributed by atoms with E-state index in [-0.39, 0.29) is 0 Å². The van der Waals surface area contributed by atoms with Gasteiger partial charge in [0.15, 0.2) is 0 Å². The van der Waals surface area contributed by atoms with E-state index >= 15 is 0 Å². The molecule has 0 bridgehead atoms. The van der Waals surface area contributed by atoms with E-state index in [0.29, 0.717) is 11.4 Å². The molecule has 2 N–H and O–H groups in total. The lowest BCUT2D eigenvalue weighted by Gasteiger charge is -2.03. The second-order valence-electron chi connectivity index (χ2n) is 5.01. The van der Waals surface area contributed by atoms with Gasteiger partial charge in [-0.15, -0.1) is 0 Å². The summed E-state index contributed by atoms with van der Waals surface area (Å²) in [6.45, 7) is 3.48. The Morgan fingerprint density at radius 3 is 1.33 bits per heavy atom. The standard InChI is InChI=1S/C18H18N4O2/c1-13(15-9-5-3-6-10-15)19-21-17(23)18(24)22-20-14(2)16-11-7-4-8-12-16/h3-12H,1-2H3,(H,21,23)(H,22,24)/b19-13+,20-14+. The molecule has 0 saturated carbocycles. The summed E-state index contributed by atoms with van der Waals surface area (Å²) in [6, 6.07) is 18.7. The van der Waals surface area contributed by atoms with Crippen molar-refractivity contribution in [3.63, 3.8) is 0 Å². The second-order valence-corrected chi connectivity index (χ2v) is 5.01. The first kappa shape index (κ1) is 17.1. The second kappa shape index (κ2) is 8.38. The summed E-state index contributed by atoms with van der Waals surface area (Å²) in [5.41, 5.74) is 7.33. The van der Waals surface area contributed by atoms with E-state index in [4.69, 9.17) is 0 Å². The number of carbonyl (C=O) groups excluding carboxylic acids is 2. The zero-order chi connectivity index (χ0) is 17.4. The molecule has 0 unspecified atom stereocenters. The van der Waals surface area contributed by atoms with Crippen LogP contribution in [0.2, 0.25) is 0 Å². The maximum Gasteiger partial charge on any atom is 0.331 e. The van der Waals surface area contributed by atoms with E-state index in [1.165, 1.54) is 0 Å². The van der Waals surface area contributed by atoms with Crippen molar-refractivity contribution in [2.75, 3.05) is 0 Å². The molecule has 2 rings (SSSR count). The Morgan fingerprint density at radius 1 is 0.667 bits per heavy atom. The maximum atomic E-state index is 11.7. The van der Waals surface area contributed by atoms with Gasteiger partial charge in [-0.05, 0) is 25.0 Å². The van der Waals surface area contributed by atoms with E-state index in [0.717, 1.165) is 11.1 Å². The molecule has 0 radical (unpaired) electrons. The van der Waals surface area contributed by atoms with Crippen LogP contribution in [-0.2, 0) is 9.59 Å². The molecule has 0 heterocycles. The third kappa shape index (κ3) is 4.88. The van der Waals surface area contributed by atoms with Crippen molar-refractivity contribution in [2.45, 2.75) is 13.8 Å². The minimum absolute atomic E-state index is 0.598. The lowest BCUT2D eigenvalue weighted by molar-refractivity contribution is -0.139. The Morgan fingerprint density at radius 2 is 1.00 bits per heavy atom. The van der Waals surface area contributed by atoms with Crippen molar-refractivity contribution >= 4 is 23.2 Å². The van der Waals surface area contributed by atoms with Crippen LogP contribution < -0.4 is 10.9 Å². The molecular weight excluding hydrogens is 304 g/mol. The summed E-state index contributed by atoms with van der Waals surface area (Å²) in [6.07, 6.45) is 0. The molecule has 6 heteroatoms. The van der Waals surface area contributed by atoms with Gasteiger partial charge in [-0.1, -0.05) is 60.7 Å². The number of rotatable bonds is 4. The number of nitrogens with one attached hydrogen (secondary N) is 2. The van der Waals surface area contributed by atoms with Crippen LogP contribution in [-0.4, -0.2) is 23.2 Å². The Hall–Kier alpha value is -3.28. The van der Waals surface area contributed by atoms with Crippen LogP contribution in [0.25, 0.3) is 0 Å². The molecule has 0 aliphatic carbocycles. The number of amides is 2. The quantitative estimate of drug-likeness (QED) is 0.513. The molecule has 0 spiro atoms. The zero-order valence-corrected chi connectivity index (χ0v) is 13.5. The molecule has 24 heavy (non-hydrogen) atoms. The molecule has 2 aromatic rings. The van der Waals surface area contributed by atoms with E-state index in [1.54, 1.807) is 13.8 Å². The van der Waals surface area contributed by atoms with E-state index in [2.05, 4.69) is 21.1 Å². The average molecular weight is 322 g/mol. The van der Waals surface area contributed by atoms with Gasteiger partial charge in [0.1, 0.15) is 0 Å². The molecule has 2 aromatic carbocycles. The van der Waals surface area contributed by atoms with Crippen molar-refractivity contribution in [2.24, 2.45) is 10.2 Å². The maximum absolute atomic E-state index is 11.7. The normalized spacial score (nSPS) is 11.8. The minimum atomic E-state index is -0.880. The third-order valence-corrected chi connectivity index (χ3v) is 3.24. The van der Waals surface area contributed by atoms with Crippen molar-refractivity contribution < 1.29 is 9.59 Å². The van der Waals surface area contributed by atoms with Crippen molar-refractivity contribution in [3.05, 3.63) is 71.8 Å². The molecule has 0 fully saturated rings. The van der Waals surface area contributed by atoms with Gasteiger partial charge in [-0.2, -0.15) is 10.2 Å². The SMILES string of the molecule is C/C(=N\NC(=O)C(=O)N/N=C(\C)c1ccccc1)c1ccccc1. The first-order valence-electron chi connectivity index (χ1n) is 7.37. The summed E-state index contributed by atoms with van der Waals surface area (Å²) < 4.78 is 0. The lowest BCUT2D eigenvalue weighted by Crippen LogP contribution is -2.36. The molecule has 122 valence electrons. The summed E-state index contributed by atoms with van der Waals surface area (Å²) in [7, 11) is 0. The Balaban J connectivity index is 1.92. The number of carbonyl (C=O) groups is 2. The number of hydrogen-bond acceptors (Lipinski definition) is 4. The van der Waals surface area contributed by atoms with Gasteiger partial charge in [-0.3, -0.25) is 9.59 Å². The number of benzene rings is 2. The van der Waals surface area contributed by atoms with Gasteiger partial charge in [0.25, 0.3) is 0 Å². The fourth-order valence-electron chi connectivity index (χ4n) is 1.86. The van der Waals surface area contributed by atoms with E-state index in [1.807, 2.05) is 60.7 Å². The van der Waals surface area contributed by atoms with Crippen molar-refractivity contribution in [1.29, 1.82) is 0 Å². The highest BCUT2D eigenvalue weighted by atomic mass is 16.2. The van der Waals surface area contributed by atoms with Gasteiger partial charge >= 0.3 is 11.8 Å². The fourth-order valence-corrected chi connectivity index (χ4v) is 1.86. The number of hydrazone groups is 2. The van der Waals surface area contributed by atoms with Crippen LogP contribution in [0.5, 0.6) is 0 Å². The topological polar surface area (TPSA) is 82.9 Å². The third-order valence-electron chi connectivity index (χ3n) is 3.24. The number of nitrogens with zero attached hydrogens (tertiary/aromatic N) is 2. The largest absolute Gasteiger partial charge is 0.331 e. The first-order chi connectivity index (χ1) is 11.6. The lowest BCUT2D eigenvalue weighted by atomic mass is 10.1. The van der Waals surface area contributed by atoms with Crippen LogP contribution in [0, 0.1) is 0 Å². The van der Waals surface area contributed by atoms with Crippen LogP contribution >= 0.6 is 0 Å². The molecule has 0 saturated heterocycles. The smallest absolute Gasteiger partial charge is 0.262 e. The zero-order valence-electron chi connectivity index (χ0n) is 13.5. The first-order valence-corrected chi connectivity index (χ1v) is 7.37. The van der Waals surface area contributed by atoms with Gasteiger partial charge in [0, 0.05) is 0 Å². The fraction of sp³-hybridized carbons (Fsp3) is 0.111. The average Bonchev–Trinajstić information content (AvgIpc) is 2.64. The predicted octanol–water partition coefficient (Wildman–Crippen LogP) is 2.07. The molecule has 2 amide bonds. The molecule has 0 aliphatic heterocycles. The molecule has 0 aliphatic rings. The summed E-state index contributed by atoms with van der Waals surface area (Å²) in [4.78, 5) is 23.5. The molecular formula is C18H18N4O2. The Bertz CT molecular complexity index is 701.